The van der Waals surface area contributed by atoms with E-state index in [1.165, 1.54) is 7.11 Å². The Labute approximate surface area is 250 Å². The molecular weight excluding hydrogens is 544 g/mol. The first-order chi connectivity index (χ1) is 18.8. The van der Waals surface area contributed by atoms with Gasteiger partial charge in [0.25, 0.3) is 5.91 Å². The van der Waals surface area contributed by atoms with E-state index in [4.69, 9.17) is 4.74 Å². The molecule has 0 bridgehead atoms. The van der Waals surface area contributed by atoms with E-state index in [-0.39, 0.29) is 48.5 Å². The third kappa shape index (κ3) is 9.95. The topological polar surface area (TPSA) is 120 Å². The molecule has 41 heavy (non-hydrogen) atoms. The second-order valence-corrected chi connectivity index (χ2v) is 12.4. The van der Waals surface area contributed by atoms with Crippen LogP contribution in [0.3, 0.4) is 0 Å². The van der Waals surface area contributed by atoms with E-state index >= 15 is 0 Å². The Kier molecular flexibility index (Phi) is 12.6. The highest BCUT2D eigenvalue weighted by Gasteiger charge is 2.41. The number of carbonyl (C=O) groups excluding carboxylic acids is 3. The molecule has 3 atom stereocenters. The van der Waals surface area contributed by atoms with Crippen LogP contribution in [-0.2, 0) is 25.5 Å². The molecule has 1 aliphatic rings. The summed E-state index contributed by atoms with van der Waals surface area (Å²) in [5, 5.41) is 21.5. The first kappa shape index (κ1) is 34.5. The molecule has 3 amide bonds. The van der Waals surface area contributed by atoms with Gasteiger partial charge in [0.2, 0.25) is 11.8 Å². The summed E-state index contributed by atoms with van der Waals surface area (Å²) in [6.07, 6.45) is 0.701. The van der Waals surface area contributed by atoms with Crippen molar-refractivity contribution >= 4 is 40.9 Å². The van der Waals surface area contributed by atoms with Gasteiger partial charge in [0, 0.05) is 39.7 Å². The summed E-state index contributed by atoms with van der Waals surface area (Å²) in [6, 6.07) is 12.4. The summed E-state index contributed by atoms with van der Waals surface area (Å²) in [5.41, 5.74) is -0.0833. The highest BCUT2D eigenvalue weighted by molar-refractivity contribution is 5.94. The van der Waals surface area contributed by atoms with Crippen LogP contribution in [0.25, 0.3) is 10.8 Å². The molecule has 4 N–H and O–H groups in total. The minimum Gasteiger partial charge on any atom is -0.390 e. The van der Waals surface area contributed by atoms with E-state index in [1.807, 2.05) is 42.5 Å². The van der Waals surface area contributed by atoms with Crippen LogP contribution in [0.4, 0.5) is 0 Å². The van der Waals surface area contributed by atoms with E-state index in [0.29, 0.717) is 25.9 Å². The van der Waals surface area contributed by atoms with Gasteiger partial charge in [0.1, 0.15) is 17.7 Å². The molecule has 1 saturated heterocycles. The zero-order valence-electron chi connectivity index (χ0n) is 25.2. The Bertz CT molecular complexity index is 1180. The van der Waals surface area contributed by atoms with Crippen molar-refractivity contribution in [2.45, 2.75) is 77.7 Å². The van der Waals surface area contributed by atoms with Crippen LogP contribution in [0.15, 0.2) is 42.5 Å². The van der Waals surface area contributed by atoms with Crippen molar-refractivity contribution in [2.75, 3.05) is 33.3 Å². The van der Waals surface area contributed by atoms with E-state index in [0.717, 1.165) is 22.9 Å². The Hall–Kier alpha value is -2.72. The maximum Gasteiger partial charge on any atom is 0.254 e. The van der Waals surface area contributed by atoms with Crippen molar-refractivity contribution < 1.29 is 24.2 Å². The lowest BCUT2D eigenvalue weighted by Gasteiger charge is -2.32. The zero-order valence-corrected chi connectivity index (χ0v) is 26.0. The molecule has 2 aromatic rings. The third-order valence-corrected chi connectivity index (χ3v) is 7.28. The molecular formula is C31H47ClN4O5. The van der Waals surface area contributed by atoms with Crippen LogP contribution in [0.2, 0.25) is 0 Å². The number of amides is 3. The first-order valence-electron chi connectivity index (χ1n) is 14.1. The summed E-state index contributed by atoms with van der Waals surface area (Å²) >= 11 is 0. The van der Waals surface area contributed by atoms with Crippen molar-refractivity contribution in [1.82, 2.24) is 20.9 Å². The number of rotatable bonds is 12. The Morgan fingerprint density at radius 1 is 1.05 bits per heavy atom. The number of likely N-dealkylation sites (tertiary alicyclic amines) is 1. The smallest absolute Gasteiger partial charge is 0.254 e. The van der Waals surface area contributed by atoms with Crippen LogP contribution in [0.5, 0.6) is 0 Å². The van der Waals surface area contributed by atoms with Gasteiger partial charge in [0.15, 0.2) is 0 Å². The van der Waals surface area contributed by atoms with E-state index in [9.17, 15) is 19.5 Å². The number of hydrogen-bond donors (Lipinski definition) is 4. The summed E-state index contributed by atoms with van der Waals surface area (Å²) < 4.78 is 5.36. The maximum atomic E-state index is 13.5. The number of methoxy groups -OCH3 is 1. The van der Waals surface area contributed by atoms with Crippen molar-refractivity contribution in [2.24, 2.45) is 5.41 Å². The van der Waals surface area contributed by atoms with Gasteiger partial charge in [0.05, 0.1) is 6.10 Å². The molecule has 0 spiro atoms. The third-order valence-electron chi connectivity index (χ3n) is 7.28. The second-order valence-electron chi connectivity index (χ2n) is 12.4. The summed E-state index contributed by atoms with van der Waals surface area (Å²) in [7, 11) is 1.47. The fraction of sp³-hybridized carbons (Fsp3) is 0.581. The molecule has 3 rings (SSSR count). The largest absolute Gasteiger partial charge is 0.390 e. The lowest BCUT2D eigenvalue weighted by molar-refractivity contribution is -0.154. The van der Waals surface area contributed by atoms with Crippen LogP contribution >= 0.6 is 12.4 Å². The number of halogens is 1. The lowest BCUT2D eigenvalue weighted by atomic mass is 9.97. The number of nitrogens with one attached hydrogen (secondary N) is 3. The molecule has 10 heteroatoms. The number of aliphatic hydroxyl groups is 1. The number of hydrogen-bond acceptors (Lipinski definition) is 6. The molecule has 0 aliphatic carbocycles. The molecule has 0 radical (unpaired) electrons. The van der Waals surface area contributed by atoms with E-state index < -0.39 is 23.8 Å². The first-order valence-corrected chi connectivity index (χ1v) is 14.1. The number of carbonyl (C=O) groups is 3. The molecule has 2 aromatic carbocycles. The van der Waals surface area contributed by atoms with Gasteiger partial charge in [-0.15, -0.1) is 12.4 Å². The average molecular weight is 591 g/mol. The Balaban J connectivity index is 0.00000588. The van der Waals surface area contributed by atoms with E-state index in [2.05, 4.69) is 36.7 Å². The van der Waals surface area contributed by atoms with Crippen LogP contribution in [-0.4, -0.2) is 84.8 Å². The predicted octanol–water partition coefficient (Wildman–Crippen LogP) is 2.82. The van der Waals surface area contributed by atoms with Crippen molar-refractivity contribution in [1.29, 1.82) is 0 Å². The Morgan fingerprint density at radius 2 is 1.73 bits per heavy atom. The number of nitrogens with zero attached hydrogens (tertiary/aromatic N) is 1. The van der Waals surface area contributed by atoms with Crippen LogP contribution in [0, 0.1) is 5.41 Å². The summed E-state index contributed by atoms with van der Waals surface area (Å²) in [4.78, 5) is 41.5. The number of ether oxygens (including phenoxy) is 1. The molecule has 0 saturated carbocycles. The normalized spacial score (nSPS) is 17.0. The Morgan fingerprint density at radius 3 is 2.39 bits per heavy atom. The van der Waals surface area contributed by atoms with Gasteiger partial charge >= 0.3 is 0 Å². The van der Waals surface area contributed by atoms with Gasteiger partial charge < -0.3 is 30.7 Å². The van der Waals surface area contributed by atoms with Gasteiger partial charge in [-0.25, -0.2) is 0 Å². The van der Waals surface area contributed by atoms with Gasteiger partial charge in [-0.2, -0.15) is 0 Å². The minimum atomic E-state index is -1.05. The summed E-state index contributed by atoms with van der Waals surface area (Å²) in [6.45, 7) is 11.2. The fourth-order valence-corrected chi connectivity index (χ4v) is 4.82. The predicted molar refractivity (Wildman–Crippen MR) is 164 cm³/mol. The molecule has 1 fully saturated rings. The summed E-state index contributed by atoms with van der Waals surface area (Å²) in [5.74, 6) is -1.01. The van der Waals surface area contributed by atoms with Crippen molar-refractivity contribution in [3.63, 3.8) is 0 Å². The molecule has 9 nitrogen and oxygen atoms in total. The lowest BCUT2D eigenvalue weighted by Crippen LogP contribution is -2.57. The minimum absolute atomic E-state index is 0. The molecule has 228 valence electrons. The van der Waals surface area contributed by atoms with Crippen LogP contribution in [0.1, 0.15) is 53.0 Å². The quantitative estimate of drug-likeness (QED) is 0.302. The average Bonchev–Trinajstić information content (AvgIpc) is 3.40. The molecule has 0 aromatic heterocycles. The molecule has 1 unspecified atom stereocenters. The number of aliphatic hydroxyl groups excluding tert-OH is 1. The molecule has 1 aliphatic heterocycles. The standard InChI is InChI=1S/C31H46N4O5.ClH/c1-30(2,3)20-32-18-24(36)19-33-27(37)25(17-21-13-14-22-10-7-8-11-23(22)16-21)34-28(38)26-12-9-15-35(26)29(39)31(4,5)40-6;/h7-8,10-11,13-14,16,24-26,32,36H,9,12,15,17-20H2,1-6H3,(H,33,37)(H,34,38);1H/t24?,25-,26+;/m1./s1. The monoisotopic (exact) mass is 590 g/mol. The van der Waals surface area contributed by atoms with Gasteiger partial charge in [-0.1, -0.05) is 63.2 Å². The number of benzene rings is 2. The fourth-order valence-electron chi connectivity index (χ4n) is 4.82. The van der Waals surface area contributed by atoms with Crippen LogP contribution < -0.4 is 16.0 Å². The highest BCUT2D eigenvalue weighted by atomic mass is 35.5. The number of fused-ring (bicyclic) bond motifs is 1. The SMILES string of the molecule is COC(C)(C)C(=O)N1CCC[C@H]1C(=O)N[C@H](Cc1ccc2ccccc2c1)C(=O)NCC(O)CNCC(C)(C)C.Cl. The second kappa shape index (κ2) is 15.0. The van der Waals surface area contributed by atoms with Crippen molar-refractivity contribution in [3.05, 3.63) is 48.0 Å². The zero-order chi connectivity index (χ0) is 29.5. The highest BCUT2D eigenvalue weighted by Crippen LogP contribution is 2.24. The van der Waals surface area contributed by atoms with Gasteiger partial charge in [-0.05, 0) is 48.4 Å². The maximum absolute atomic E-state index is 13.5. The molecule has 1 heterocycles. The van der Waals surface area contributed by atoms with Crippen molar-refractivity contribution in [3.8, 4) is 0 Å². The van der Waals surface area contributed by atoms with E-state index in [1.54, 1.807) is 18.7 Å². The van der Waals surface area contributed by atoms with Gasteiger partial charge in [-0.3, -0.25) is 14.4 Å².